The highest BCUT2D eigenvalue weighted by atomic mass is 16.5. The van der Waals surface area contributed by atoms with Gasteiger partial charge in [0.2, 0.25) is 0 Å². The average Bonchev–Trinajstić information content (AvgIpc) is 2.48. The van der Waals surface area contributed by atoms with E-state index in [1.165, 1.54) is 11.1 Å². The second kappa shape index (κ2) is 3.12. The van der Waals surface area contributed by atoms with E-state index >= 15 is 0 Å². The van der Waals surface area contributed by atoms with Crippen molar-refractivity contribution in [1.82, 2.24) is 0 Å². The van der Waals surface area contributed by atoms with Gasteiger partial charge in [0.15, 0.2) is 0 Å². The van der Waals surface area contributed by atoms with Gasteiger partial charge in [0, 0.05) is 5.41 Å². The number of aryl methyl sites for hydroxylation is 1. The van der Waals surface area contributed by atoms with Crippen LogP contribution in [0.25, 0.3) is 0 Å². The summed E-state index contributed by atoms with van der Waals surface area (Å²) in [6, 6.07) is 8.31. The largest absolute Gasteiger partial charge is 0.465 e. The fraction of sp³-hybridized carbons (Fsp3) is 0.417. The Balaban J connectivity index is 2.30. The number of hydrogen-bond donors (Lipinski definition) is 0. The van der Waals surface area contributed by atoms with Crippen molar-refractivity contribution in [3.05, 3.63) is 35.4 Å². The topological polar surface area (TPSA) is 26.3 Å². The van der Waals surface area contributed by atoms with Crippen molar-refractivity contribution in [2.24, 2.45) is 0 Å². The quantitative estimate of drug-likeness (QED) is 0.634. The van der Waals surface area contributed by atoms with Crippen LogP contribution in [0.2, 0.25) is 0 Å². The van der Waals surface area contributed by atoms with Crippen LogP contribution in [0.1, 0.15) is 24.5 Å². The van der Waals surface area contributed by atoms with E-state index in [1.807, 2.05) is 0 Å². The molecule has 0 N–H and O–H groups in total. The van der Waals surface area contributed by atoms with Gasteiger partial charge in [-0.25, -0.2) is 0 Å². The molecule has 0 aliphatic carbocycles. The van der Waals surface area contributed by atoms with Gasteiger partial charge in [-0.05, 0) is 12.5 Å². The molecule has 1 aromatic rings. The second-order valence-corrected chi connectivity index (χ2v) is 4.26. The third-order valence-electron chi connectivity index (χ3n) is 2.83. The van der Waals surface area contributed by atoms with Gasteiger partial charge >= 0.3 is 5.97 Å². The highest BCUT2D eigenvalue weighted by Gasteiger charge is 2.37. The van der Waals surface area contributed by atoms with E-state index in [9.17, 15) is 4.79 Å². The van der Waals surface area contributed by atoms with Crippen LogP contribution >= 0.6 is 0 Å². The van der Waals surface area contributed by atoms with Gasteiger partial charge in [-0.2, -0.15) is 0 Å². The molecule has 0 radical (unpaired) electrons. The van der Waals surface area contributed by atoms with Crippen molar-refractivity contribution in [3.8, 4) is 0 Å². The summed E-state index contributed by atoms with van der Waals surface area (Å²) in [6.45, 7) is 4.64. The minimum absolute atomic E-state index is 0.0897. The molecule has 14 heavy (non-hydrogen) atoms. The Bertz CT molecular complexity index is 353. The molecule has 0 bridgehead atoms. The van der Waals surface area contributed by atoms with Gasteiger partial charge in [-0.15, -0.1) is 0 Å². The summed E-state index contributed by atoms with van der Waals surface area (Å²) in [4.78, 5) is 11.1. The van der Waals surface area contributed by atoms with E-state index in [2.05, 4.69) is 38.1 Å². The van der Waals surface area contributed by atoms with E-state index in [1.54, 1.807) is 0 Å². The van der Waals surface area contributed by atoms with Crippen molar-refractivity contribution in [2.75, 3.05) is 6.61 Å². The number of ether oxygens (including phenoxy) is 1. The predicted octanol–water partition coefficient (Wildman–Crippen LogP) is 2.20. The van der Waals surface area contributed by atoms with Gasteiger partial charge < -0.3 is 4.74 Å². The third kappa shape index (κ3) is 1.52. The molecule has 0 aromatic heterocycles. The van der Waals surface area contributed by atoms with Crippen molar-refractivity contribution < 1.29 is 9.53 Å². The van der Waals surface area contributed by atoms with E-state index in [-0.39, 0.29) is 11.4 Å². The molecule has 2 nitrogen and oxygen atoms in total. The van der Waals surface area contributed by atoms with Gasteiger partial charge in [0.1, 0.15) is 6.61 Å². The highest BCUT2D eigenvalue weighted by Crippen LogP contribution is 2.33. The van der Waals surface area contributed by atoms with E-state index < -0.39 is 0 Å². The maximum Gasteiger partial charge on any atom is 0.306 e. The Kier molecular flexibility index (Phi) is 2.06. The average molecular weight is 190 g/mol. The van der Waals surface area contributed by atoms with Crippen LogP contribution in [0.15, 0.2) is 24.3 Å². The van der Waals surface area contributed by atoms with E-state index in [0.717, 1.165) is 0 Å². The monoisotopic (exact) mass is 190 g/mol. The fourth-order valence-electron chi connectivity index (χ4n) is 1.80. The minimum Gasteiger partial charge on any atom is -0.465 e. The van der Waals surface area contributed by atoms with Gasteiger partial charge in [0.25, 0.3) is 0 Å². The number of hydrogen-bond acceptors (Lipinski definition) is 2. The summed E-state index contributed by atoms with van der Waals surface area (Å²) < 4.78 is 5.01. The van der Waals surface area contributed by atoms with Crippen LogP contribution in [0.5, 0.6) is 0 Å². The Labute approximate surface area is 83.9 Å². The van der Waals surface area contributed by atoms with Crippen LogP contribution < -0.4 is 0 Å². The van der Waals surface area contributed by atoms with Crippen molar-refractivity contribution in [2.45, 2.75) is 25.7 Å². The first-order chi connectivity index (χ1) is 6.60. The van der Waals surface area contributed by atoms with Gasteiger partial charge in [-0.3, -0.25) is 4.79 Å². The Morgan fingerprint density at radius 3 is 2.43 bits per heavy atom. The van der Waals surface area contributed by atoms with E-state index in [0.29, 0.717) is 13.0 Å². The molecule has 1 aromatic carbocycles. The maximum absolute atomic E-state index is 11.1. The molecular weight excluding hydrogens is 176 g/mol. The SMILES string of the molecule is Cc1ccc([C@]2(C)COC(=O)C2)cc1. The number of esters is 1. The van der Waals surface area contributed by atoms with Gasteiger partial charge in [0.05, 0.1) is 6.42 Å². The zero-order valence-corrected chi connectivity index (χ0v) is 8.54. The van der Waals surface area contributed by atoms with E-state index in [4.69, 9.17) is 4.74 Å². The molecule has 1 heterocycles. The normalized spacial score (nSPS) is 26.3. The van der Waals surface area contributed by atoms with Crippen LogP contribution in [-0.2, 0) is 14.9 Å². The van der Waals surface area contributed by atoms with Crippen LogP contribution in [0.3, 0.4) is 0 Å². The molecule has 2 rings (SSSR count). The van der Waals surface area contributed by atoms with Crippen molar-refractivity contribution in [3.63, 3.8) is 0 Å². The first-order valence-corrected chi connectivity index (χ1v) is 4.83. The maximum atomic E-state index is 11.1. The summed E-state index contributed by atoms with van der Waals surface area (Å²) in [7, 11) is 0. The molecule has 0 spiro atoms. The molecule has 1 aliphatic rings. The zero-order chi connectivity index (χ0) is 10.2. The summed E-state index contributed by atoms with van der Waals surface area (Å²) >= 11 is 0. The lowest BCUT2D eigenvalue weighted by Crippen LogP contribution is -2.21. The zero-order valence-electron chi connectivity index (χ0n) is 8.54. The predicted molar refractivity (Wildman–Crippen MR) is 54.1 cm³/mol. The molecular formula is C12H14O2. The molecule has 2 heteroatoms. The number of cyclic esters (lactones) is 1. The molecule has 1 fully saturated rings. The lowest BCUT2D eigenvalue weighted by molar-refractivity contribution is -0.137. The van der Waals surface area contributed by atoms with Crippen LogP contribution in [0, 0.1) is 6.92 Å². The van der Waals surface area contributed by atoms with Crippen molar-refractivity contribution in [1.29, 1.82) is 0 Å². The molecule has 1 atom stereocenters. The summed E-state index contributed by atoms with van der Waals surface area (Å²) in [6.07, 6.45) is 0.496. The Morgan fingerprint density at radius 1 is 1.29 bits per heavy atom. The smallest absolute Gasteiger partial charge is 0.306 e. The molecule has 1 aliphatic heterocycles. The highest BCUT2D eigenvalue weighted by molar-refractivity contribution is 5.74. The number of benzene rings is 1. The van der Waals surface area contributed by atoms with Crippen LogP contribution in [0.4, 0.5) is 0 Å². The molecule has 1 saturated heterocycles. The number of carbonyl (C=O) groups excluding carboxylic acids is 1. The number of rotatable bonds is 1. The third-order valence-corrected chi connectivity index (χ3v) is 2.83. The summed E-state index contributed by atoms with van der Waals surface area (Å²) in [5.74, 6) is -0.0897. The second-order valence-electron chi connectivity index (χ2n) is 4.26. The Morgan fingerprint density at radius 2 is 1.93 bits per heavy atom. The molecule has 74 valence electrons. The summed E-state index contributed by atoms with van der Waals surface area (Å²) in [5.41, 5.74) is 2.31. The van der Waals surface area contributed by atoms with Crippen LogP contribution in [-0.4, -0.2) is 12.6 Å². The Hall–Kier alpha value is -1.31. The molecule has 0 unspecified atom stereocenters. The lowest BCUT2D eigenvalue weighted by atomic mass is 9.82. The first-order valence-electron chi connectivity index (χ1n) is 4.83. The lowest BCUT2D eigenvalue weighted by Gasteiger charge is -2.20. The number of carbonyl (C=O) groups is 1. The summed E-state index contributed by atoms with van der Waals surface area (Å²) in [5, 5.41) is 0. The first kappa shape index (κ1) is 9.25. The minimum atomic E-state index is -0.120. The van der Waals surface area contributed by atoms with Crippen molar-refractivity contribution >= 4 is 5.97 Å². The molecule has 0 saturated carbocycles. The fourth-order valence-corrected chi connectivity index (χ4v) is 1.80. The van der Waals surface area contributed by atoms with Gasteiger partial charge in [-0.1, -0.05) is 36.8 Å². The molecule has 0 amide bonds. The standard InChI is InChI=1S/C12H14O2/c1-9-3-5-10(6-4-9)12(2)7-11(13)14-8-12/h3-6H,7-8H2,1-2H3/t12-/m0/s1.